The van der Waals surface area contributed by atoms with Crippen LogP contribution in [0.1, 0.15) is 5.82 Å². The molecule has 0 saturated heterocycles. The largest absolute Gasteiger partial charge is 0.494 e. The number of fused-ring (bicyclic) bond motifs is 1. The van der Waals surface area contributed by atoms with E-state index < -0.39 is 0 Å². The molecule has 0 spiro atoms. The van der Waals surface area contributed by atoms with E-state index in [-0.39, 0.29) is 5.82 Å². The lowest BCUT2D eigenvalue weighted by Gasteiger charge is -2.09. The van der Waals surface area contributed by atoms with Crippen LogP contribution in [0.15, 0.2) is 42.5 Å². The monoisotopic (exact) mass is 304 g/mol. The fourth-order valence-electron chi connectivity index (χ4n) is 2.44. The quantitative estimate of drug-likeness (QED) is 0.682. The van der Waals surface area contributed by atoms with E-state index in [4.69, 9.17) is 16.3 Å². The van der Waals surface area contributed by atoms with Gasteiger partial charge in [0.05, 0.1) is 18.3 Å². The fourth-order valence-corrected chi connectivity index (χ4v) is 2.61. The number of hydrogen-bond acceptors (Lipinski definition) is 2. The van der Waals surface area contributed by atoms with Crippen molar-refractivity contribution in [1.29, 1.82) is 0 Å². The minimum absolute atomic E-state index is 0.283. The molecule has 0 radical (unpaired) electrons. The molecule has 3 rings (SSSR count). The van der Waals surface area contributed by atoms with Gasteiger partial charge in [-0.3, -0.25) is 4.57 Å². The van der Waals surface area contributed by atoms with Crippen molar-refractivity contribution < 1.29 is 9.13 Å². The minimum atomic E-state index is -0.283. The van der Waals surface area contributed by atoms with Crippen molar-refractivity contribution in [2.24, 2.45) is 0 Å². The molecule has 3 aromatic rings. The summed E-state index contributed by atoms with van der Waals surface area (Å²) >= 11 is 5.87. The number of para-hydroxylation sites is 1. The molecule has 2 aromatic carbocycles. The number of ether oxygens (including phenoxy) is 1. The Labute approximate surface area is 126 Å². The SMILES string of the molecule is COc1cccc2c1nc(CCCl)n2-c1cccc(F)c1. The molecule has 3 nitrogen and oxygen atoms in total. The highest BCUT2D eigenvalue weighted by Gasteiger charge is 2.15. The van der Waals surface area contributed by atoms with E-state index in [0.29, 0.717) is 18.1 Å². The van der Waals surface area contributed by atoms with Crippen molar-refractivity contribution in [3.05, 3.63) is 54.1 Å². The molecule has 0 fully saturated rings. The Kier molecular flexibility index (Phi) is 3.80. The number of hydrogen-bond donors (Lipinski definition) is 0. The lowest BCUT2D eigenvalue weighted by Crippen LogP contribution is -2.02. The molecule has 0 saturated carbocycles. The predicted octanol–water partition coefficient (Wildman–Crippen LogP) is 3.95. The molecule has 1 heterocycles. The van der Waals surface area contributed by atoms with Gasteiger partial charge in [-0.1, -0.05) is 12.1 Å². The zero-order chi connectivity index (χ0) is 14.8. The molecule has 5 heteroatoms. The molecule has 0 bridgehead atoms. The molecular weight excluding hydrogens is 291 g/mol. The Morgan fingerprint density at radius 1 is 1.24 bits per heavy atom. The number of alkyl halides is 1. The van der Waals surface area contributed by atoms with Crippen molar-refractivity contribution in [1.82, 2.24) is 9.55 Å². The average molecular weight is 305 g/mol. The van der Waals surface area contributed by atoms with Gasteiger partial charge in [-0.2, -0.15) is 0 Å². The topological polar surface area (TPSA) is 27.1 Å². The van der Waals surface area contributed by atoms with Crippen LogP contribution < -0.4 is 4.74 Å². The van der Waals surface area contributed by atoms with E-state index in [1.165, 1.54) is 12.1 Å². The van der Waals surface area contributed by atoms with E-state index >= 15 is 0 Å². The van der Waals surface area contributed by atoms with Crippen LogP contribution in [-0.4, -0.2) is 22.5 Å². The number of halogens is 2. The van der Waals surface area contributed by atoms with Gasteiger partial charge in [0.25, 0.3) is 0 Å². The van der Waals surface area contributed by atoms with E-state index in [1.54, 1.807) is 13.2 Å². The highest BCUT2D eigenvalue weighted by molar-refractivity contribution is 6.18. The zero-order valence-electron chi connectivity index (χ0n) is 11.5. The van der Waals surface area contributed by atoms with Crippen molar-refractivity contribution in [3.8, 4) is 11.4 Å². The Balaban J connectivity index is 2.31. The van der Waals surface area contributed by atoms with Crippen LogP contribution in [-0.2, 0) is 6.42 Å². The molecule has 0 N–H and O–H groups in total. The van der Waals surface area contributed by atoms with E-state index in [1.807, 2.05) is 28.8 Å². The van der Waals surface area contributed by atoms with Crippen LogP contribution in [0, 0.1) is 5.82 Å². The summed E-state index contributed by atoms with van der Waals surface area (Å²) in [5.74, 6) is 1.64. The van der Waals surface area contributed by atoms with E-state index in [9.17, 15) is 4.39 Å². The lowest BCUT2D eigenvalue weighted by molar-refractivity contribution is 0.419. The predicted molar refractivity (Wildman–Crippen MR) is 82.0 cm³/mol. The van der Waals surface area contributed by atoms with Crippen LogP contribution in [0.25, 0.3) is 16.7 Å². The zero-order valence-corrected chi connectivity index (χ0v) is 12.3. The first kappa shape index (κ1) is 13.9. The molecular formula is C16H14ClFN2O. The third kappa shape index (κ3) is 2.47. The maximum atomic E-state index is 13.5. The summed E-state index contributed by atoms with van der Waals surface area (Å²) in [6, 6.07) is 12.1. The van der Waals surface area contributed by atoms with Crippen LogP contribution >= 0.6 is 11.6 Å². The Morgan fingerprint density at radius 3 is 2.76 bits per heavy atom. The molecule has 0 unspecified atom stereocenters. The molecule has 0 aliphatic rings. The molecule has 0 aliphatic carbocycles. The van der Waals surface area contributed by atoms with Gasteiger partial charge >= 0.3 is 0 Å². The van der Waals surface area contributed by atoms with Gasteiger partial charge in [-0.25, -0.2) is 9.37 Å². The van der Waals surface area contributed by atoms with Gasteiger partial charge in [0.15, 0.2) is 0 Å². The summed E-state index contributed by atoms with van der Waals surface area (Å²) in [6.07, 6.45) is 0.593. The number of methoxy groups -OCH3 is 1. The second-order valence-corrected chi connectivity index (χ2v) is 4.99. The Hall–Kier alpha value is -2.07. The summed E-state index contributed by atoms with van der Waals surface area (Å²) in [7, 11) is 1.61. The van der Waals surface area contributed by atoms with Gasteiger partial charge < -0.3 is 4.74 Å². The van der Waals surface area contributed by atoms with E-state index in [0.717, 1.165) is 22.5 Å². The maximum Gasteiger partial charge on any atom is 0.146 e. The molecule has 0 aliphatic heterocycles. The second-order valence-electron chi connectivity index (χ2n) is 4.61. The second kappa shape index (κ2) is 5.74. The van der Waals surface area contributed by atoms with Crippen molar-refractivity contribution in [2.45, 2.75) is 6.42 Å². The first-order valence-electron chi connectivity index (χ1n) is 6.61. The molecule has 0 atom stereocenters. The smallest absolute Gasteiger partial charge is 0.146 e. The summed E-state index contributed by atoms with van der Waals surface area (Å²) in [6.45, 7) is 0. The highest BCUT2D eigenvalue weighted by Crippen LogP contribution is 2.29. The Bertz CT molecular complexity index is 785. The first-order valence-corrected chi connectivity index (χ1v) is 7.14. The first-order chi connectivity index (χ1) is 10.2. The molecule has 1 aromatic heterocycles. The summed E-state index contributed by atoms with van der Waals surface area (Å²) in [4.78, 5) is 4.61. The Morgan fingerprint density at radius 2 is 2.05 bits per heavy atom. The van der Waals surface area contributed by atoms with E-state index in [2.05, 4.69) is 4.98 Å². The number of aromatic nitrogens is 2. The van der Waals surface area contributed by atoms with Crippen LogP contribution in [0.2, 0.25) is 0 Å². The van der Waals surface area contributed by atoms with Gasteiger partial charge in [0.2, 0.25) is 0 Å². The standard InChI is InChI=1S/C16H14ClFN2O/c1-21-14-7-3-6-13-16(14)19-15(8-9-17)20(13)12-5-2-4-11(18)10-12/h2-7,10H,8-9H2,1H3. The number of benzene rings is 2. The number of imidazole rings is 1. The summed E-state index contributed by atoms with van der Waals surface area (Å²) in [5.41, 5.74) is 2.36. The van der Waals surface area contributed by atoms with Crippen molar-refractivity contribution >= 4 is 22.6 Å². The van der Waals surface area contributed by atoms with Crippen molar-refractivity contribution in [3.63, 3.8) is 0 Å². The summed E-state index contributed by atoms with van der Waals surface area (Å²) in [5, 5.41) is 0. The van der Waals surface area contributed by atoms with Crippen LogP contribution in [0.5, 0.6) is 5.75 Å². The third-order valence-corrected chi connectivity index (χ3v) is 3.51. The summed E-state index contributed by atoms with van der Waals surface area (Å²) < 4.78 is 20.8. The maximum absolute atomic E-state index is 13.5. The van der Waals surface area contributed by atoms with Crippen LogP contribution in [0.4, 0.5) is 4.39 Å². The van der Waals surface area contributed by atoms with Gasteiger partial charge in [0, 0.05) is 12.3 Å². The normalized spacial score (nSPS) is 11.0. The minimum Gasteiger partial charge on any atom is -0.494 e. The highest BCUT2D eigenvalue weighted by atomic mass is 35.5. The molecule has 21 heavy (non-hydrogen) atoms. The molecule has 0 amide bonds. The van der Waals surface area contributed by atoms with Gasteiger partial charge in [-0.05, 0) is 30.3 Å². The fraction of sp³-hybridized carbons (Fsp3) is 0.188. The molecule has 108 valence electrons. The van der Waals surface area contributed by atoms with Gasteiger partial charge in [0.1, 0.15) is 22.9 Å². The van der Waals surface area contributed by atoms with Crippen molar-refractivity contribution in [2.75, 3.05) is 13.0 Å². The van der Waals surface area contributed by atoms with Gasteiger partial charge in [-0.15, -0.1) is 11.6 Å². The third-order valence-electron chi connectivity index (χ3n) is 3.32. The average Bonchev–Trinajstić information content (AvgIpc) is 2.85. The van der Waals surface area contributed by atoms with Crippen LogP contribution in [0.3, 0.4) is 0 Å². The number of nitrogens with zero attached hydrogens (tertiary/aromatic N) is 2. The number of aryl methyl sites for hydroxylation is 1. The number of rotatable bonds is 4. The lowest BCUT2D eigenvalue weighted by atomic mass is 10.2.